The maximum atomic E-state index is 5.55. The van der Waals surface area contributed by atoms with Crippen molar-refractivity contribution in [1.29, 1.82) is 0 Å². The molecule has 1 atom stereocenters. The van der Waals surface area contributed by atoms with Gasteiger partial charge in [0.05, 0.1) is 0 Å². The Kier molecular flexibility index (Phi) is 6.89. The Morgan fingerprint density at radius 1 is 1.70 bits per heavy atom. The van der Waals surface area contributed by atoms with Gasteiger partial charge in [0.1, 0.15) is 0 Å². The maximum Gasteiger partial charge on any atom is 0.0101 e. The van der Waals surface area contributed by atoms with E-state index < -0.39 is 0 Å². The van der Waals surface area contributed by atoms with E-state index in [-0.39, 0.29) is 0 Å². The van der Waals surface area contributed by atoms with Gasteiger partial charge in [0.15, 0.2) is 0 Å². The van der Waals surface area contributed by atoms with E-state index in [1.54, 1.807) is 0 Å². The highest BCUT2D eigenvalue weighted by Crippen LogP contribution is 2.04. The maximum absolute atomic E-state index is 5.55. The van der Waals surface area contributed by atoms with Crippen LogP contribution in [0.15, 0.2) is 0 Å². The first kappa shape index (κ1) is 9.87. The van der Waals surface area contributed by atoms with E-state index in [2.05, 4.69) is 5.92 Å². The second-order valence-corrected chi connectivity index (χ2v) is 3.51. The van der Waals surface area contributed by atoms with Gasteiger partial charge in [-0.05, 0) is 19.1 Å². The van der Waals surface area contributed by atoms with Crippen molar-refractivity contribution in [3.63, 3.8) is 0 Å². The molecule has 0 amide bonds. The first-order valence-corrected chi connectivity index (χ1v) is 4.69. The SMILES string of the molecule is C#CCCCSCC(C)N. The van der Waals surface area contributed by atoms with Gasteiger partial charge in [-0.2, -0.15) is 11.8 Å². The van der Waals surface area contributed by atoms with Crippen LogP contribution in [0.5, 0.6) is 0 Å². The third-order valence-electron chi connectivity index (χ3n) is 0.991. The molecule has 2 heteroatoms. The van der Waals surface area contributed by atoms with Crippen LogP contribution < -0.4 is 5.73 Å². The van der Waals surface area contributed by atoms with Gasteiger partial charge in [-0.3, -0.25) is 0 Å². The normalized spacial score (nSPS) is 12.5. The Morgan fingerprint density at radius 2 is 2.40 bits per heavy atom. The fourth-order valence-electron chi connectivity index (χ4n) is 0.546. The summed E-state index contributed by atoms with van der Waals surface area (Å²) in [5, 5.41) is 0. The minimum absolute atomic E-state index is 0.316. The van der Waals surface area contributed by atoms with E-state index in [0.29, 0.717) is 6.04 Å². The van der Waals surface area contributed by atoms with Crippen molar-refractivity contribution in [2.75, 3.05) is 11.5 Å². The lowest BCUT2D eigenvalue weighted by atomic mass is 10.4. The minimum Gasteiger partial charge on any atom is -0.327 e. The Bertz CT molecular complexity index is 104. The molecule has 0 aliphatic heterocycles. The highest BCUT2D eigenvalue weighted by molar-refractivity contribution is 7.99. The molecule has 0 saturated carbocycles. The van der Waals surface area contributed by atoms with Crippen LogP contribution in [-0.4, -0.2) is 17.5 Å². The van der Waals surface area contributed by atoms with E-state index in [4.69, 9.17) is 12.2 Å². The van der Waals surface area contributed by atoms with Crippen LogP contribution in [0, 0.1) is 12.3 Å². The number of unbranched alkanes of at least 4 members (excludes halogenated alkanes) is 1. The first-order valence-electron chi connectivity index (χ1n) is 3.54. The molecule has 0 radical (unpaired) electrons. The van der Waals surface area contributed by atoms with E-state index in [9.17, 15) is 0 Å². The molecule has 0 aromatic rings. The largest absolute Gasteiger partial charge is 0.327 e. The predicted molar refractivity (Wildman–Crippen MR) is 49.0 cm³/mol. The molecule has 0 heterocycles. The van der Waals surface area contributed by atoms with Crippen molar-refractivity contribution >= 4 is 11.8 Å². The molecule has 1 unspecified atom stereocenters. The number of rotatable bonds is 5. The Balaban J connectivity index is 2.86. The van der Waals surface area contributed by atoms with Crippen molar-refractivity contribution in [3.05, 3.63) is 0 Å². The van der Waals surface area contributed by atoms with Crippen LogP contribution >= 0.6 is 11.8 Å². The van der Waals surface area contributed by atoms with Gasteiger partial charge in [0.25, 0.3) is 0 Å². The lowest BCUT2D eigenvalue weighted by molar-refractivity contribution is 0.845. The van der Waals surface area contributed by atoms with Crippen LogP contribution in [0.3, 0.4) is 0 Å². The molecule has 2 N–H and O–H groups in total. The molecule has 0 aromatic heterocycles. The number of hydrogen-bond donors (Lipinski definition) is 1. The summed E-state index contributed by atoms with van der Waals surface area (Å²) >= 11 is 1.88. The summed E-state index contributed by atoms with van der Waals surface area (Å²) in [7, 11) is 0. The quantitative estimate of drug-likeness (QED) is 0.483. The van der Waals surface area contributed by atoms with Crippen molar-refractivity contribution in [3.8, 4) is 12.3 Å². The summed E-state index contributed by atoms with van der Waals surface area (Å²) in [4.78, 5) is 0. The van der Waals surface area contributed by atoms with Gasteiger partial charge in [-0.15, -0.1) is 12.3 Å². The smallest absolute Gasteiger partial charge is 0.0101 e. The van der Waals surface area contributed by atoms with E-state index >= 15 is 0 Å². The molecule has 0 aliphatic carbocycles. The molecular formula is C8H15NS. The average molecular weight is 157 g/mol. The lowest BCUT2D eigenvalue weighted by Crippen LogP contribution is -2.17. The van der Waals surface area contributed by atoms with E-state index in [1.807, 2.05) is 18.7 Å². The van der Waals surface area contributed by atoms with Crippen molar-refractivity contribution < 1.29 is 0 Å². The molecule has 10 heavy (non-hydrogen) atoms. The zero-order valence-electron chi connectivity index (χ0n) is 6.47. The van der Waals surface area contributed by atoms with Gasteiger partial charge < -0.3 is 5.73 Å². The monoisotopic (exact) mass is 157 g/mol. The lowest BCUT2D eigenvalue weighted by Gasteiger charge is -2.02. The number of nitrogens with two attached hydrogens (primary N) is 1. The molecule has 0 aromatic carbocycles. The fourth-order valence-corrected chi connectivity index (χ4v) is 1.43. The molecule has 1 nitrogen and oxygen atoms in total. The molecular weight excluding hydrogens is 142 g/mol. The second kappa shape index (κ2) is 6.98. The summed E-state index contributed by atoms with van der Waals surface area (Å²) in [6.07, 6.45) is 7.10. The average Bonchev–Trinajstić information content (AvgIpc) is 1.87. The Hall–Kier alpha value is -0.130. The molecule has 0 rings (SSSR count). The van der Waals surface area contributed by atoms with Gasteiger partial charge >= 0.3 is 0 Å². The summed E-state index contributed by atoms with van der Waals surface area (Å²) in [5.74, 6) is 4.80. The van der Waals surface area contributed by atoms with Crippen LogP contribution in [0.2, 0.25) is 0 Å². The summed E-state index contributed by atoms with van der Waals surface area (Å²) in [6.45, 7) is 2.02. The zero-order chi connectivity index (χ0) is 7.82. The zero-order valence-corrected chi connectivity index (χ0v) is 7.29. The molecule has 0 fully saturated rings. The highest BCUT2D eigenvalue weighted by atomic mass is 32.2. The topological polar surface area (TPSA) is 26.0 Å². The highest BCUT2D eigenvalue weighted by Gasteiger charge is 1.92. The Labute approximate surface area is 67.8 Å². The van der Waals surface area contributed by atoms with E-state index in [0.717, 1.165) is 24.3 Å². The van der Waals surface area contributed by atoms with Crippen molar-refractivity contribution in [2.24, 2.45) is 5.73 Å². The molecule has 0 saturated heterocycles. The number of thioether (sulfide) groups is 1. The third kappa shape index (κ3) is 7.87. The number of terminal acetylenes is 1. The van der Waals surface area contributed by atoms with Crippen LogP contribution in [-0.2, 0) is 0 Å². The molecule has 0 bridgehead atoms. The van der Waals surface area contributed by atoms with Crippen molar-refractivity contribution in [1.82, 2.24) is 0 Å². The fraction of sp³-hybridized carbons (Fsp3) is 0.750. The summed E-state index contributed by atoms with van der Waals surface area (Å²) in [6, 6.07) is 0.316. The predicted octanol–water partition coefficient (Wildman–Crippen LogP) is 1.48. The molecule has 58 valence electrons. The second-order valence-electron chi connectivity index (χ2n) is 2.36. The van der Waals surface area contributed by atoms with Crippen LogP contribution in [0.4, 0.5) is 0 Å². The molecule has 0 spiro atoms. The standard InChI is InChI=1S/C8H15NS/c1-3-4-5-6-10-7-8(2)9/h1,8H,4-7,9H2,2H3. The number of hydrogen-bond acceptors (Lipinski definition) is 2. The van der Waals surface area contributed by atoms with Crippen LogP contribution in [0.1, 0.15) is 19.8 Å². The first-order chi connectivity index (χ1) is 4.77. The van der Waals surface area contributed by atoms with Gasteiger partial charge in [0.2, 0.25) is 0 Å². The van der Waals surface area contributed by atoms with Crippen molar-refractivity contribution in [2.45, 2.75) is 25.8 Å². The Morgan fingerprint density at radius 3 is 2.90 bits per heavy atom. The summed E-state index contributed by atoms with van der Waals surface area (Å²) in [5.41, 5.74) is 5.55. The van der Waals surface area contributed by atoms with Gasteiger partial charge in [-0.25, -0.2) is 0 Å². The van der Waals surface area contributed by atoms with Gasteiger partial charge in [-0.1, -0.05) is 0 Å². The summed E-state index contributed by atoms with van der Waals surface area (Å²) < 4.78 is 0. The van der Waals surface area contributed by atoms with E-state index in [1.165, 1.54) is 0 Å². The molecule has 0 aliphatic rings. The third-order valence-corrected chi connectivity index (χ3v) is 2.33. The van der Waals surface area contributed by atoms with Gasteiger partial charge in [0, 0.05) is 18.2 Å². The minimum atomic E-state index is 0.316. The van der Waals surface area contributed by atoms with Crippen LogP contribution in [0.25, 0.3) is 0 Å².